The van der Waals surface area contributed by atoms with Crippen LogP contribution in [0.1, 0.15) is 26.7 Å². The molecule has 1 aromatic heterocycles. The largest absolute Gasteiger partial charge is 0.393 e. The quantitative estimate of drug-likeness (QED) is 0.848. The van der Waals surface area contributed by atoms with Crippen LogP contribution in [0.5, 0.6) is 0 Å². The fourth-order valence-electron chi connectivity index (χ4n) is 2.21. The Balaban J connectivity index is 2.04. The van der Waals surface area contributed by atoms with Crippen LogP contribution in [0.4, 0.5) is 11.6 Å². The SMILES string of the molecule is CCCNc1cc(N2CCC(O)C(C)C2)ncn1. The maximum Gasteiger partial charge on any atom is 0.134 e. The molecule has 2 heterocycles. The van der Waals surface area contributed by atoms with Crippen LogP contribution >= 0.6 is 0 Å². The van der Waals surface area contributed by atoms with Crippen LogP contribution in [0.15, 0.2) is 12.4 Å². The number of rotatable bonds is 4. The molecule has 0 spiro atoms. The first kappa shape index (κ1) is 13.1. The minimum atomic E-state index is -0.180. The number of aliphatic hydroxyl groups is 1. The molecule has 1 aliphatic rings. The molecule has 0 aliphatic carbocycles. The van der Waals surface area contributed by atoms with Crippen molar-refractivity contribution >= 4 is 11.6 Å². The molecule has 1 saturated heterocycles. The van der Waals surface area contributed by atoms with Crippen LogP contribution < -0.4 is 10.2 Å². The highest BCUT2D eigenvalue weighted by Crippen LogP contribution is 2.22. The second-order valence-electron chi connectivity index (χ2n) is 4.97. The highest BCUT2D eigenvalue weighted by Gasteiger charge is 2.24. The Bertz CT molecular complexity index is 385. The molecule has 0 aromatic carbocycles. The van der Waals surface area contributed by atoms with E-state index < -0.39 is 0 Å². The molecule has 0 bridgehead atoms. The third kappa shape index (κ3) is 3.10. The van der Waals surface area contributed by atoms with Gasteiger partial charge in [0.25, 0.3) is 0 Å². The van der Waals surface area contributed by atoms with Crippen LogP contribution in [0.2, 0.25) is 0 Å². The molecule has 0 saturated carbocycles. The lowest BCUT2D eigenvalue weighted by Gasteiger charge is -2.35. The number of aliphatic hydroxyl groups excluding tert-OH is 1. The van der Waals surface area contributed by atoms with Crippen molar-refractivity contribution in [1.82, 2.24) is 9.97 Å². The Hall–Kier alpha value is -1.36. The van der Waals surface area contributed by atoms with E-state index in [1.165, 1.54) is 0 Å². The van der Waals surface area contributed by atoms with Gasteiger partial charge in [-0.1, -0.05) is 13.8 Å². The molecule has 1 aliphatic heterocycles. The third-order valence-corrected chi connectivity index (χ3v) is 3.39. The summed E-state index contributed by atoms with van der Waals surface area (Å²) in [6, 6.07) is 1.99. The average molecular weight is 250 g/mol. The molecule has 2 unspecified atom stereocenters. The first-order chi connectivity index (χ1) is 8.70. The Morgan fingerprint density at radius 2 is 2.33 bits per heavy atom. The molecule has 0 radical (unpaired) electrons. The Labute approximate surface area is 108 Å². The van der Waals surface area contributed by atoms with Gasteiger partial charge in [-0.3, -0.25) is 0 Å². The second-order valence-corrected chi connectivity index (χ2v) is 4.97. The molecule has 18 heavy (non-hydrogen) atoms. The lowest BCUT2D eigenvalue weighted by molar-refractivity contribution is 0.0969. The summed E-state index contributed by atoms with van der Waals surface area (Å²) in [4.78, 5) is 10.7. The molecule has 2 N–H and O–H groups in total. The second kappa shape index (κ2) is 6.00. The number of hydrogen-bond donors (Lipinski definition) is 2. The third-order valence-electron chi connectivity index (χ3n) is 3.39. The van der Waals surface area contributed by atoms with Crippen LogP contribution in [0.3, 0.4) is 0 Å². The molecule has 5 heteroatoms. The van der Waals surface area contributed by atoms with Crippen LogP contribution in [-0.4, -0.2) is 40.8 Å². The van der Waals surface area contributed by atoms with Crippen molar-refractivity contribution in [2.75, 3.05) is 29.9 Å². The van der Waals surface area contributed by atoms with Crippen LogP contribution in [0.25, 0.3) is 0 Å². The van der Waals surface area contributed by atoms with Crippen molar-refractivity contribution in [2.45, 2.75) is 32.8 Å². The maximum absolute atomic E-state index is 9.74. The van der Waals surface area contributed by atoms with Crippen LogP contribution in [0, 0.1) is 5.92 Å². The molecule has 100 valence electrons. The zero-order chi connectivity index (χ0) is 13.0. The van der Waals surface area contributed by atoms with E-state index in [0.29, 0.717) is 5.92 Å². The van der Waals surface area contributed by atoms with E-state index in [-0.39, 0.29) is 6.10 Å². The van der Waals surface area contributed by atoms with Crippen molar-refractivity contribution < 1.29 is 5.11 Å². The number of piperidine rings is 1. The molecule has 5 nitrogen and oxygen atoms in total. The summed E-state index contributed by atoms with van der Waals surface area (Å²) in [7, 11) is 0. The van der Waals surface area contributed by atoms with Gasteiger partial charge in [0.15, 0.2) is 0 Å². The fraction of sp³-hybridized carbons (Fsp3) is 0.692. The van der Waals surface area contributed by atoms with Crippen molar-refractivity contribution in [3.05, 3.63) is 12.4 Å². The van der Waals surface area contributed by atoms with Gasteiger partial charge >= 0.3 is 0 Å². The van der Waals surface area contributed by atoms with E-state index in [4.69, 9.17) is 0 Å². The van der Waals surface area contributed by atoms with Gasteiger partial charge in [0.1, 0.15) is 18.0 Å². The van der Waals surface area contributed by atoms with Gasteiger partial charge in [0.05, 0.1) is 6.10 Å². The van der Waals surface area contributed by atoms with Gasteiger partial charge in [-0.15, -0.1) is 0 Å². The average Bonchev–Trinajstić information content (AvgIpc) is 2.40. The van der Waals surface area contributed by atoms with E-state index in [1.807, 2.05) is 6.07 Å². The molecule has 1 fully saturated rings. The zero-order valence-corrected chi connectivity index (χ0v) is 11.1. The van der Waals surface area contributed by atoms with Gasteiger partial charge in [-0.05, 0) is 18.8 Å². The Morgan fingerprint density at radius 1 is 1.50 bits per heavy atom. The topological polar surface area (TPSA) is 61.3 Å². The summed E-state index contributed by atoms with van der Waals surface area (Å²) in [5.74, 6) is 2.11. The first-order valence-electron chi connectivity index (χ1n) is 6.69. The van der Waals surface area contributed by atoms with Gasteiger partial charge in [0.2, 0.25) is 0 Å². The maximum atomic E-state index is 9.74. The highest BCUT2D eigenvalue weighted by molar-refractivity contribution is 5.48. The summed E-state index contributed by atoms with van der Waals surface area (Å²) < 4.78 is 0. The van der Waals surface area contributed by atoms with Crippen molar-refractivity contribution in [2.24, 2.45) is 5.92 Å². The predicted octanol–water partition coefficient (Wildman–Crippen LogP) is 1.51. The standard InChI is InChI=1S/C13H22N4O/c1-3-5-14-12-7-13(16-9-15-12)17-6-4-11(18)10(2)8-17/h7,9-11,18H,3-6,8H2,1-2H3,(H,14,15,16). The Kier molecular flexibility index (Phi) is 4.36. The van der Waals surface area contributed by atoms with E-state index in [1.54, 1.807) is 6.33 Å². The normalized spacial score (nSPS) is 24.1. The van der Waals surface area contributed by atoms with Gasteiger partial charge < -0.3 is 15.3 Å². The number of anilines is 2. The number of hydrogen-bond acceptors (Lipinski definition) is 5. The monoisotopic (exact) mass is 250 g/mol. The van der Waals surface area contributed by atoms with E-state index >= 15 is 0 Å². The minimum Gasteiger partial charge on any atom is -0.393 e. The lowest BCUT2D eigenvalue weighted by atomic mass is 9.97. The van der Waals surface area contributed by atoms with Gasteiger partial charge in [0, 0.05) is 25.7 Å². The van der Waals surface area contributed by atoms with Crippen LogP contribution in [-0.2, 0) is 0 Å². The zero-order valence-electron chi connectivity index (χ0n) is 11.1. The molecule has 1 aromatic rings. The summed E-state index contributed by atoms with van der Waals surface area (Å²) in [6.45, 7) is 6.84. The van der Waals surface area contributed by atoms with Crippen molar-refractivity contribution in [3.63, 3.8) is 0 Å². The first-order valence-corrected chi connectivity index (χ1v) is 6.69. The van der Waals surface area contributed by atoms with Gasteiger partial charge in [-0.25, -0.2) is 9.97 Å². The number of nitrogens with one attached hydrogen (secondary N) is 1. The van der Waals surface area contributed by atoms with Gasteiger partial charge in [-0.2, -0.15) is 0 Å². The van der Waals surface area contributed by atoms with E-state index in [9.17, 15) is 5.11 Å². The van der Waals surface area contributed by atoms with E-state index in [0.717, 1.165) is 44.1 Å². The van der Waals surface area contributed by atoms with Crippen molar-refractivity contribution in [3.8, 4) is 0 Å². The smallest absolute Gasteiger partial charge is 0.134 e. The number of nitrogens with zero attached hydrogens (tertiary/aromatic N) is 3. The summed E-state index contributed by atoms with van der Waals surface area (Å²) in [5, 5.41) is 13.0. The summed E-state index contributed by atoms with van der Waals surface area (Å²) in [5.41, 5.74) is 0. The molecular formula is C13H22N4O. The number of aromatic nitrogens is 2. The Morgan fingerprint density at radius 3 is 3.06 bits per heavy atom. The highest BCUT2D eigenvalue weighted by atomic mass is 16.3. The molecule has 2 rings (SSSR count). The summed E-state index contributed by atoms with van der Waals surface area (Å²) in [6.07, 6.45) is 3.30. The summed E-state index contributed by atoms with van der Waals surface area (Å²) >= 11 is 0. The lowest BCUT2D eigenvalue weighted by Crippen LogP contribution is -2.42. The van der Waals surface area contributed by atoms with Crippen molar-refractivity contribution in [1.29, 1.82) is 0 Å². The molecule has 0 amide bonds. The molecule has 2 atom stereocenters. The fourth-order valence-corrected chi connectivity index (χ4v) is 2.21. The molecular weight excluding hydrogens is 228 g/mol. The minimum absolute atomic E-state index is 0.180. The van der Waals surface area contributed by atoms with E-state index in [2.05, 4.69) is 34.0 Å². The predicted molar refractivity (Wildman–Crippen MR) is 72.8 cm³/mol.